The van der Waals surface area contributed by atoms with Crippen molar-refractivity contribution in [3.8, 4) is 0 Å². The second-order valence-electron chi connectivity index (χ2n) is 5.77. The van der Waals surface area contributed by atoms with E-state index in [0.717, 1.165) is 16.1 Å². The molecule has 0 saturated heterocycles. The van der Waals surface area contributed by atoms with Crippen molar-refractivity contribution in [2.45, 2.75) is 18.9 Å². The van der Waals surface area contributed by atoms with Gasteiger partial charge in [-0.25, -0.2) is 21.5 Å². The van der Waals surface area contributed by atoms with Gasteiger partial charge in [-0.15, -0.1) is 11.8 Å². The molecule has 0 spiro atoms. The molecule has 0 unspecified atom stereocenters. The van der Waals surface area contributed by atoms with Crippen LogP contribution in [0.4, 0.5) is 23.7 Å². The standard InChI is InChI=1S/C18H22BrF3N4O2S/c1-11(18(20,21)22)8-9-16(28-4)12(2)29-10-13-14(19)6-5-7-15(13)26(24)17(27)25(3)23/h5-9H,1,10,23-24H2,2-4H3/b9-8-,16-12-. The topological polar surface area (TPSA) is 84.8 Å². The number of thioether (sulfide) groups is 1. The molecular weight excluding hydrogens is 473 g/mol. The van der Waals surface area contributed by atoms with E-state index in [0.29, 0.717) is 26.4 Å². The van der Waals surface area contributed by atoms with Gasteiger partial charge in [-0.05, 0) is 31.2 Å². The fourth-order valence-corrected chi connectivity index (χ4v) is 3.68. The van der Waals surface area contributed by atoms with Crippen LogP contribution in [0.3, 0.4) is 0 Å². The first-order valence-corrected chi connectivity index (χ1v) is 9.84. The van der Waals surface area contributed by atoms with E-state index in [4.69, 9.17) is 16.4 Å². The van der Waals surface area contributed by atoms with Gasteiger partial charge < -0.3 is 4.74 Å². The van der Waals surface area contributed by atoms with Gasteiger partial charge in [0.05, 0.1) is 12.8 Å². The van der Waals surface area contributed by atoms with Crippen LogP contribution in [0.25, 0.3) is 0 Å². The Morgan fingerprint density at radius 2 is 1.97 bits per heavy atom. The molecule has 2 amide bonds. The van der Waals surface area contributed by atoms with Crippen molar-refractivity contribution in [3.63, 3.8) is 0 Å². The molecule has 11 heteroatoms. The van der Waals surface area contributed by atoms with Crippen molar-refractivity contribution in [3.05, 3.63) is 63.2 Å². The Bertz CT molecular complexity index is 826. The summed E-state index contributed by atoms with van der Waals surface area (Å²) < 4.78 is 43.6. The lowest BCUT2D eigenvalue weighted by atomic mass is 10.2. The number of nitrogens with zero attached hydrogens (tertiary/aromatic N) is 2. The van der Waals surface area contributed by atoms with E-state index >= 15 is 0 Å². The van der Waals surface area contributed by atoms with Crippen LogP contribution in [-0.4, -0.2) is 31.4 Å². The molecule has 0 atom stereocenters. The second-order valence-corrected chi connectivity index (χ2v) is 7.81. The maximum atomic E-state index is 12.6. The number of hydrogen-bond donors (Lipinski definition) is 2. The van der Waals surface area contributed by atoms with Crippen molar-refractivity contribution < 1.29 is 22.7 Å². The average Bonchev–Trinajstić information content (AvgIpc) is 2.64. The lowest BCUT2D eigenvalue weighted by Gasteiger charge is -2.23. The summed E-state index contributed by atoms with van der Waals surface area (Å²) in [4.78, 5) is 12.7. The van der Waals surface area contributed by atoms with E-state index in [1.165, 1.54) is 32.0 Å². The molecule has 0 aliphatic heterocycles. The highest BCUT2D eigenvalue weighted by atomic mass is 79.9. The fourth-order valence-electron chi connectivity index (χ4n) is 2.04. The first-order chi connectivity index (χ1) is 13.4. The summed E-state index contributed by atoms with van der Waals surface area (Å²) in [7, 11) is 2.73. The number of hydrazine groups is 2. The van der Waals surface area contributed by atoms with Crippen molar-refractivity contribution in [2.75, 3.05) is 19.2 Å². The number of ether oxygens (including phenoxy) is 1. The number of rotatable bonds is 7. The zero-order valence-electron chi connectivity index (χ0n) is 16.1. The molecule has 0 bridgehead atoms. The van der Waals surface area contributed by atoms with Crippen LogP contribution >= 0.6 is 27.7 Å². The normalized spacial score (nSPS) is 12.6. The van der Waals surface area contributed by atoms with E-state index in [1.807, 2.05) is 0 Å². The maximum absolute atomic E-state index is 12.6. The second kappa shape index (κ2) is 10.7. The minimum atomic E-state index is -4.51. The molecule has 1 aromatic carbocycles. The Hall–Kier alpha value is -1.95. The molecule has 160 valence electrons. The fraction of sp³-hybridized carbons (Fsp3) is 0.278. The van der Waals surface area contributed by atoms with E-state index in [2.05, 4.69) is 22.5 Å². The maximum Gasteiger partial charge on any atom is 0.415 e. The number of carbonyl (C=O) groups excluding carboxylic acids is 1. The minimum Gasteiger partial charge on any atom is -0.496 e. The quantitative estimate of drug-likeness (QED) is 0.186. The van der Waals surface area contributed by atoms with Crippen molar-refractivity contribution in [1.82, 2.24) is 5.01 Å². The third-order valence-electron chi connectivity index (χ3n) is 3.66. The summed E-state index contributed by atoms with van der Waals surface area (Å²) in [6, 6.07) is 4.54. The zero-order valence-corrected chi connectivity index (χ0v) is 18.5. The monoisotopic (exact) mass is 494 g/mol. The SMILES string of the molecule is C=C(/C=C\C(OC)=C(/C)SCc1c(Br)cccc1N(N)C(=O)N(C)N)C(F)(F)F. The van der Waals surface area contributed by atoms with Gasteiger partial charge in [-0.2, -0.15) is 13.2 Å². The van der Waals surface area contributed by atoms with Crippen LogP contribution in [0, 0.1) is 0 Å². The molecule has 1 rings (SSSR count). The third kappa shape index (κ3) is 7.11. The van der Waals surface area contributed by atoms with Crippen molar-refractivity contribution in [2.24, 2.45) is 11.7 Å². The highest BCUT2D eigenvalue weighted by molar-refractivity contribution is 9.10. The molecule has 29 heavy (non-hydrogen) atoms. The van der Waals surface area contributed by atoms with Gasteiger partial charge >= 0.3 is 12.2 Å². The van der Waals surface area contributed by atoms with Gasteiger partial charge in [0, 0.05) is 33.3 Å². The van der Waals surface area contributed by atoms with Gasteiger partial charge in [0.2, 0.25) is 0 Å². The predicted molar refractivity (Wildman–Crippen MR) is 113 cm³/mol. The minimum absolute atomic E-state index is 0.261. The number of nitrogens with two attached hydrogens (primary N) is 2. The highest BCUT2D eigenvalue weighted by Crippen LogP contribution is 2.34. The predicted octanol–water partition coefficient (Wildman–Crippen LogP) is 4.84. The summed E-state index contributed by atoms with van der Waals surface area (Å²) >= 11 is 4.74. The average molecular weight is 495 g/mol. The Balaban J connectivity index is 3.09. The Kier molecular flexibility index (Phi) is 9.27. The molecule has 0 aromatic heterocycles. The molecule has 4 N–H and O–H groups in total. The molecule has 1 aromatic rings. The number of anilines is 1. The summed E-state index contributed by atoms with van der Waals surface area (Å²) in [5, 5.41) is 1.77. The Morgan fingerprint density at radius 1 is 1.34 bits per heavy atom. The first kappa shape index (κ1) is 25.1. The van der Waals surface area contributed by atoms with Gasteiger partial charge in [-0.1, -0.05) is 28.6 Å². The van der Waals surface area contributed by atoms with E-state index < -0.39 is 17.8 Å². The number of halogens is 4. The molecule has 0 heterocycles. The first-order valence-electron chi connectivity index (χ1n) is 8.06. The summed E-state index contributed by atoms with van der Waals surface area (Å²) in [6.07, 6.45) is -2.45. The molecule has 0 aliphatic rings. The van der Waals surface area contributed by atoms with Crippen LogP contribution < -0.4 is 16.7 Å². The van der Waals surface area contributed by atoms with E-state index in [1.54, 1.807) is 25.1 Å². The van der Waals surface area contributed by atoms with Crippen LogP contribution in [0.1, 0.15) is 12.5 Å². The molecule has 6 nitrogen and oxygen atoms in total. The number of urea groups is 1. The molecule has 0 fully saturated rings. The number of allylic oxidation sites excluding steroid dienone is 4. The lowest BCUT2D eigenvalue weighted by molar-refractivity contribution is -0.0878. The van der Waals surface area contributed by atoms with Gasteiger partial charge in [0.25, 0.3) is 0 Å². The number of amides is 2. The Labute approximate surface area is 180 Å². The third-order valence-corrected chi connectivity index (χ3v) is 5.47. The molecular formula is C18H22BrF3N4O2S. The summed E-state index contributed by atoms with van der Waals surface area (Å²) in [5.41, 5.74) is 0.150. The largest absolute Gasteiger partial charge is 0.496 e. The van der Waals surface area contributed by atoms with Crippen LogP contribution in [0.2, 0.25) is 0 Å². The highest BCUT2D eigenvalue weighted by Gasteiger charge is 2.29. The zero-order chi connectivity index (χ0) is 22.4. The number of alkyl halides is 3. The van der Waals surface area contributed by atoms with Gasteiger partial charge in [0.15, 0.2) is 0 Å². The number of benzene rings is 1. The van der Waals surface area contributed by atoms with Crippen LogP contribution in [0.15, 0.2) is 57.6 Å². The van der Waals surface area contributed by atoms with Gasteiger partial charge in [-0.3, -0.25) is 5.01 Å². The summed E-state index contributed by atoms with van der Waals surface area (Å²) in [6.45, 7) is 4.70. The van der Waals surface area contributed by atoms with E-state index in [9.17, 15) is 18.0 Å². The Morgan fingerprint density at radius 3 is 2.48 bits per heavy atom. The lowest BCUT2D eigenvalue weighted by Crippen LogP contribution is -2.48. The molecule has 0 saturated carbocycles. The van der Waals surface area contributed by atoms with Crippen molar-refractivity contribution in [1.29, 1.82) is 0 Å². The summed E-state index contributed by atoms with van der Waals surface area (Å²) in [5.74, 6) is 12.0. The van der Waals surface area contributed by atoms with Crippen molar-refractivity contribution >= 4 is 39.4 Å². The number of hydrogen-bond acceptors (Lipinski definition) is 5. The smallest absolute Gasteiger partial charge is 0.415 e. The van der Waals surface area contributed by atoms with Crippen LogP contribution in [0.5, 0.6) is 0 Å². The molecule has 0 radical (unpaired) electrons. The number of methoxy groups -OCH3 is 1. The van der Waals surface area contributed by atoms with E-state index in [-0.39, 0.29) is 5.76 Å². The van der Waals surface area contributed by atoms with Gasteiger partial charge in [0.1, 0.15) is 5.76 Å². The van der Waals surface area contributed by atoms with Crippen LogP contribution in [-0.2, 0) is 10.5 Å². The number of carbonyl (C=O) groups is 1. The molecule has 0 aliphatic carbocycles.